The van der Waals surface area contributed by atoms with Crippen LogP contribution in [0.25, 0.3) is 0 Å². The van der Waals surface area contributed by atoms with Gasteiger partial charge < -0.3 is 20.1 Å². The molecule has 1 aromatic rings. The maximum Gasteiger partial charge on any atom is 0.410 e. The van der Waals surface area contributed by atoms with Crippen molar-refractivity contribution >= 4 is 12.0 Å². The lowest BCUT2D eigenvalue weighted by molar-refractivity contribution is 0.0507. The third-order valence-corrected chi connectivity index (χ3v) is 3.34. The highest BCUT2D eigenvalue weighted by molar-refractivity contribution is 5.92. The van der Waals surface area contributed by atoms with Crippen molar-refractivity contribution in [1.29, 1.82) is 0 Å². The number of primary amides is 1. The topological polar surface area (TPSA) is 94.7 Å². The second-order valence-electron chi connectivity index (χ2n) is 5.49. The van der Waals surface area contributed by atoms with E-state index in [0.29, 0.717) is 37.4 Å². The minimum absolute atomic E-state index is 0.00460. The number of ether oxygens (including phenoxy) is 2. The minimum Gasteiger partial charge on any atom is -0.474 e. The van der Waals surface area contributed by atoms with Crippen LogP contribution in [0.4, 0.5) is 4.79 Å². The molecule has 1 aromatic heterocycles. The summed E-state index contributed by atoms with van der Waals surface area (Å²) in [5.74, 6) is -0.0655. The number of hydrogen-bond donors (Lipinski definition) is 1. The average molecular weight is 307 g/mol. The van der Waals surface area contributed by atoms with Crippen molar-refractivity contribution in [1.82, 2.24) is 9.88 Å². The molecule has 0 radical (unpaired) electrons. The quantitative estimate of drug-likeness (QED) is 0.911. The van der Waals surface area contributed by atoms with E-state index in [0.717, 1.165) is 0 Å². The molecule has 0 saturated carbocycles. The Morgan fingerprint density at radius 2 is 2.00 bits per heavy atom. The molecule has 22 heavy (non-hydrogen) atoms. The van der Waals surface area contributed by atoms with Gasteiger partial charge in [-0.1, -0.05) is 0 Å². The zero-order chi connectivity index (χ0) is 16.1. The van der Waals surface area contributed by atoms with E-state index in [1.165, 1.54) is 6.20 Å². The van der Waals surface area contributed by atoms with Crippen LogP contribution in [-0.2, 0) is 4.74 Å². The van der Waals surface area contributed by atoms with Crippen LogP contribution in [0, 0.1) is 0 Å². The van der Waals surface area contributed by atoms with Gasteiger partial charge >= 0.3 is 6.09 Å². The van der Waals surface area contributed by atoms with E-state index in [1.54, 1.807) is 17.0 Å². The van der Waals surface area contributed by atoms with Gasteiger partial charge in [-0.3, -0.25) is 4.79 Å². The molecule has 7 nitrogen and oxygen atoms in total. The number of pyridine rings is 1. The zero-order valence-corrected chi connectivity index (χ0v) is 12.8. The molecule has 2 heterocycles. The molecule has 7 heteroatoms. The summed E-state index contributed by atoms with van der Waals surface area (Å²) in [6.45, 7) is 4.84. The van der Waals surface area contributed by atoms with E-state index in [4.69, 9.17) is 15.2 Å². The van der Waals surface area contributed by atoms with Gasteiger partial charge in [0.25, 0.3) is 0 Å². The summed E-state index contributed by atoms with van der Waals surface area (Å²) in [4.78, 5) is 28.5. The van der Waals surface area contributed by atoms with E-state index in [9.17, 15) is 9.59 Å². The Balaban J connectivity index is 1.82. The first-order valence-corrected chi connectivity index (χ1v) is 7.34. The second-order valence-corrected chi connectivity index (χ2v) is 5.49. The Labute approximate surface area is 129 Å². The number of carbonyl (C=O) groups is 2. The van der Waals surface area contributed by atoms with Crippen LogP contribution in [0.15, 0.2) is 18.3 Å². The monoisotopic (exact) mass is 307 g/mol. The Morgan fingerprint density at radius 3 is 2.50 bits per heavy atom. The maximum atomic E-state index is 11.8. The van der Waals surface area contributed by atoms with Gasteiger partial charge in [0.2, 0.25) is 11.8 Å². The summed E-state index contributed by atoms with van der Waals surface area (Å²) in [6, 6.07) is 3.21. The van der Waals surface area contributed by atoms with Gasteiger partial charge in [0.15, 0.2) is 0 Å². The highest BCUT2D eigenvalue weighted by Gasteiger charge is 2.25. The second kappa shape index (κ2) is 7.11. The van der Waals surface area contributed by atoms with E-state index < -0.39 is 5.91 Å². The molecule has 0 atom stereocenters. The molecular formula is C15H21N3O4. The lowest BCUT2D eigenvalue weighted by atomic mass is 10.1. The summed E-state index contributed by atoms with van der Waals surface area (Å²) in [6.07, 6.45) is 2.42. The molecule has 2 N–H and O–H groups in total. The molecule has 2 rings (SSSR count). The average Bonchev–Trinajstić information content (AvgIpc) is 2.48. The molecule has 1 saturated heterocycles. The molecular weight excluding hydrogens is 286 g/mol. The first-order chi connectivity index (χ1) is 10.5. The lowest BCUT2D eigenvalue weighted by Gasteiger charge is -2.31. The molecule has 1 aliphatic rings. The van der Waals surface area contributed by atoms with Crippen molar-refractivity contribution < 1.29 is 19.1 Å². The maximum absolute atomic E-state index is 11.8. The van der Waals surface area contributed by atoms with Crippen LogP contribution in [0.3, 0.4) is 0 Å². The van der Waals surface area contributed by atoms with Crippen molar-refractivity contribution in [3.05, 3.63) is 23.9 Å². The number of piperidine rings is 1. The molecule has 1 fully saturated rings. The normalized spacial score (nSPS) is 15.7. The Kier molecular flexibility index (Phi) is 5.19. The fourth-order valence-electron chi connectivity index (χ4n) is 2.20. The van der Waals surface area contributed by atoms with Crippen LogP contribution in [-0.4, -0.2) is 47.2 Å². The molecule has 0 aliphatic carbocycles. The molecule has 0 unspecified atom stereocenters. The number of carbonyl (C=O) groups excluding carboxylic acids is 2. The molecule has 0 bridgehead atoms. The summed E-state index contributed by atoms with van der Waals surface area (Å²) < 4.78 is 10.9. The summed E-state index contributed by atoms with van der Waals surface area (Å²) in [5, 5.41) is 0. The van der Waals surface area contributed by atoms with E-state index in [2.05, 4.69) is 4.98 Å². The van der Waals surface area contributed by atoms with E-state index >= 15 is 0 Å². The van der Waals surface area contributed by atoms with Gasteiger partial charge in [0.1, 0.15) is 6.10 Å². The fraction of sp³-hybridized carbons (Fsp3) is 0.533. The lowest BCUT2D eigenvalue weighted by Crippen LogP contribution is -2.42. The number of hydrogen-bond acceptors (Lipinski definition) is 5. The number of amides is 2. The number of likely N-dealkylation sites (tertiary alicyclic amines) is 1. The van der Waals surface area contributed by atoms with Crippen molar-refractivity contribution in [2.24, 2.45) is 5.73 Å². The molecule has 120 valence electrons. The summed E-state index contributed by atoms with van der Waals surface area (Å²) in [5.41, 5.74) is 5.50. The van der Waals surface area contributed by atoms with Crippen LogP contribution >= 0.6 is 0 Å². The van der Waals surface area contributed by atoms with Crippen molar-refractivity contribution in [3.63, 3.8) is 0 Å². The van der Waals surface area contributed by atoms with E-state index in [1.807, 2.05) is 13.8 Å². The van der Waals surface area contributed by atoms with Crippen LogP contribution in [0.2, 0.25) is 0 Å². The standard InChI is InChI=1S/C15H21N3O4/c1-10(2)21-15(20)18-7-5-12(6-8-18)22-13-4-3-11(9-17-13)14(16)19/h3-4,9-10,12H,5-8H2,1-2H3,(H2,16,19). The van der Waals surface area contributed by atoms with Crippen molar-refractivity contribution in [2.75, 3.05) is 13.1 Å². The highest BCUT2D eigenvalue weighted by atomic mass is 16.6. The molecule has 2 amide bonds. The minimum atomic E-state index is -0.518. The smallest absolute Gasteiger partial charge is 0.410 e. The predicted octanol–water partition coefficient (Wildman–Crippen LogP) is 1.57. The zero-order valence-electron chi connectivity index (χ0n) is 12.8. The molecule has 0 aromatic carbocycles. The Hall–Kier alpha value is -2.31. The largest absolute Gasteiger partial charge is 0.474 e. The summed E-state index contributed by atoms with van der Waals surface area (Å²) in [7, 11) is 0. The van der Waals surface area contributed by atoms with Gasteiger partial charge in [-0.05, 0) is 19.9 Å². The number of aromatic nitrogens is 1. The number of nitrogens with zero attached hydrogens (tertiary/aromatic N) is 2. The van der Waals surface area contributed by atoms with Gasteiger partial charge in [-0.15, -0.1) is 0 Å². The fourth-order valence-corrected chi connectivity index (χ4v) is 2.20. The van der Waals surface area contributed by atoms with E-state index in [-0.39, 0.29) is 18.3 Å². The van der Waals surface area contributed by atoms with Crippen LogP contribution < -0.4 is 10.5 Å². The molecule has 1 aliphatic heterocycles. The van der Waals surface area contributed by atoms with Gasteiger partial charge in [-0.2, -0.15) is 0 Å². The summed E-state index contributed by atoms with van der Waals surface area (Å²) >= 11 is 0. The number of nitrogens with two attached hydrogens (primary N) is 1. The van der Waals surface area contributed by atoms with Gasteiger partial charge in [0, 0.05) is 38.2 Å². The van der Waals surface area contributed by atoms with Gasteiger partial charge in [0.05, 0.1) is 11.7 Å². The van der Waals surface area contributed by atoms with Gasteiger partial charge in [-0.25, -0.2) is 9.78 Å². The predicted molar refractivity (Wildman–Crippen MR) is 79.6 cm³/mol. The van der Waals surface area contributed by atoms with Crippen LogP contribution in [0.1, 0.15) is 37.0 Å². The molecule has 0 spiro atoms. The third kappa shape index (κ3) is 4.34. The number of rotatable bonds is 4. The third-order valence-electron chi connectivity index (χ3n) is 3.34. The highest BCUT2D eigenvalue weighted by Crippen LogP contribution is 2.18. The first-order valence-electron chi connectivity index (χ1n) is 7.34. The SMILES string of the molecule is CC(C)OC(=O)N1CCC(Oc2ccc(C(N)=O)cn2)CC1. The Morgan fingerprint density at radius 1 is 1.32 bits per heavy atom. The first kappa shape index (κ1) is 16.1. The van der Waals surface area contributed by atoms with Crippen molar-refractivity contribution in [2.45, 2.75) is 38.9 Å². The Bertz CT molecular complexity index is 522. The van der Waals surface area contributed by atoms with Crippen LogP contribution in [0.5, 0.6) is 5.88 Å². The van der Waals surface area contributed by atoms with Crippen molar-refractivity contribution in [3.8, 4) is 5.88 Å².